The normalized spacial score (nSPS) is 11.9. The summed E-state index contributed by atoms with van der Waals surface area (Å²) in [6.07, 6.45) is 1.62. The summed E-state index contributed by atoms with van der Waals surface area (Å²) in [4.78, 5) is 18.1. The molecule has 36 heavy (non-hydrogen) atoms. The smallest absolute Gasteiger partial charge is 0.282 e. The molecule has 4 rings (SSSR count). The Balaban J connectivity index is 1.71. The molecule has 0 aliphatic rings. The minimum atomic E-state index is -0.399. The van der Waals surface area contributed by atoms with Crippen LogP contribution in [0.1, 0.15) is 43.3 Å². The highest BCUT2D eigenvalue weighted by Crippen LogP contribution is 2.37. The summed E-state index contributed by atoms with van der Waals surface area (Å²) in [6.45, 7) is 8.48. The molecule has 1 heterocycles. The molecule has 0 aliphatic heterocycles. The molecule has 186 valence electrons. The van der Waals surface area contributed by atoms with Gasteiger partial charge < -0.3 is 9.47 Å². The summed E-state index contributed by atoms with van der Waals surface area (Å²) in [6, 6.07) is 17.4. The van der Waals surface area contributed by atoms with E-state index in [1.165, 1.54) is 10.2 Å². The van der Waals surface area contributed by atoms with E-state index >= 15 is 0 Å². The fourth-order valence-corrected chi connectivity index (χ4v) is 4.60. The molecule has 8 heteroatoms. The number of halogens is 2. The molecule has 1 aromatic heterocycles. The average Bonchev–Trinajstić information content (AvgIpc) is 2.83. The molecule has 0 fully saturated rings. The lowest BCUT2D eigenvalue weighted by molar-refractivity contribution is 0.282. The first kappa shape index (κ1) is 26.1. The number of hydrogen-bond donors (Lipinski definition) is 0. The number of ether oxygens (including phenoxy) is 2. The highest BCUT2D eigenvalue weighted by molar-refractivity contribution is 9.10. The zero-order valence-corrected chi connectivity index (χ0v) is 24.0. The number of aromatic nitrogens is 2. The Morgan fingerprint density at radius 3 is 2.44 bits per heavy atom. The van der Waals surface area contributed by atoms with E-state index < -0.39 is 5.41 Å². The Labute approximate surface area is 227 Å². The van der Waals surface area contributed by atoms with Gasteiger partial charge in [-0.15, -0.1) is 0 Å². The summed E-state index contributed by atoms with van der Waals surface area (Å²) in [5, 5.41) is 5.05. The van der Waals surface area contributed by atoms with Crippen LogP contribution in [-0.4, -0.2) is 23.0 Å². The molecule has 0 spiro atoms. The number of benzene rings is 3. The lowest BCUT2D eigenvalue weighted by Crippen LogP contribution is -2.29. The lowest BCUT2D eigenvalue weighted by Gasteiger charge is -2.21. The second kappa shape index (κ2) is 10.6. The molecule has 0 atom stereocenters. The molecule has 0 saturated heterocycles. The van der Waals surface area contributed by atoms with Crippen LogP contribution < -0.4 is 15.0 Å². The van der Waals surface area contributed by atoms with Gasteiger partial charge in [0.25, 0.3) is 5.56 Å². The highest BCUT2D eigenvalue weighted by Gasteiger charge is 2.23. The van der Waals surface area contributed by atoms with Crippen LogP contribution in [0.15, 0.2) is 73.4 Å². The Morgan fingerprint density at radius 2 is 1.78 bits per heavy atom. The number of nitrogens with zero attached hydrogens (tertiary/aromatic N) is 3. The molecule has 6 nitrogen and oxygen atoms in total. The zero-order chi connectivity index (χ0) is 26.0. The van der Waals surface area contributed by atoms with Crippen molar-refractivity contribution in [2.45, 2.75) is 39.7 Å². The van der Waals surface area contributed by atoms with Crippen molar-refractivity contribution >= 4 is 49.0 Å². The van der Waals surface area contributed by atoms with Crippen LogP contribution in [-0.2, 0) is 12.0 Å². The number of fused-ring (bicyclic) bond motifs is 1. The van der Waals surface area contributed by atoms with Crippen molar-refractivity contribution < 1.29 is 9.47 Å². The third-order valence-corrected chi connectivity index (χ3v) is 6.64. The lowest BCUT2D eigenvalue weighted by atomic mass is 9.95. The van der Waals surface area contributed by atoms with Gasteiger partial charge >= 0.3 is 0 Å². The van der Waals surface area contributed by atoms with Gasteiger partial charge in [0.2, 0.25) is 0 Å². The monoisotopic (exact) mass is 611 g/mol. The van der Waals surface area contributed by atoms with Crippen molar-refractivity contribution in [2.75, 3.05) is 7.11 Å². The van der Waals surface area contributed by atoms with Gasteiger partial charge in [-0.3, -0.25) is 4.79 Å². The molecule has 0 saturated carbocycles. The van der Waals surface area contributed by atoms with Gasteiger partial charge in [-0.2, -0.15) is 9.78 Å². The Bertz CT molecular complexity index is 1500. The van der Waals surface area contributed by atoms with Crippen molar-refractivity contribution in [2.24, 2.45) is 5.10 Å². The Morgan fingerprint density at radius 1 is 1.06 bits per heavy atom. The van der Waals surface area contributed by atoms with E-state index in [4.69, 9.17) is 14.5 Å². The van der Waals surface area contributed by atoms with Gasteiger partial charge in [0, 0.05) is 9.89 Å². The van der Waals surface area contributed by atoms with Crippen LogP contribution in [0.3, 0.4) is 0 Å². The predicted octanol–water partition coefficient (Wildman–Crippen LogP) is 7.00. The van der Waals surface area contributed by atoms with Gasteiger partial charge in [-0.25, -0.2) is 4.98 Å². The van der Waals surface area contributed by atoms with Gasteiger partial charge in [0.05, 0.1) is 28.7 Å². The maximum Gasteiger partial charge on any atom is 0.282 e. The minimum absolute atomic E-state index is 0.230. The Kier molecular flexibility index (Phi) is 7.66. The van der Waals surface area contributed by atoms with Gasteiger partial charge in [0.15, 0.2) is 11.5 Å². The number of methoxy groups -OCH3 is 1. The van der Waals surface area contributed by atoms with E-state index in [0.29, 0.717) is 34.8 Å². The fourth-order valence-electron chi connectivity index (χ4n) is 3.66. The molecular formula is C28H27Br2N3O3. The second-order valence-electron chi connectivity index (χ2n) is 9.52. The average molecular weight is 613 g/mol. The van der Waals surface area contributed by atoms with Crippen LogP contribution in [0.5, 0.6) is 11.5 Å². The van der Waals surface area contributed by atoms with E-state index in [9.17, 15) is 4.79 Å². The summed E-state index contributed by atoms with van der Waals surface area (Å²) in [7, 11) is 1.59. The quantitative estimate of drug-likeness (QED) is 0.220. The van der Waals surface area contributed by atoms with Gasteiger partial charge in [-0.05, 0) is 64.3 Å². The summed E-state index contributed by atoms with van der Waals surface area (Å²) in [5.41, 5.74) is 3.01. The van der Waals surface area contributed by atoms with Crippen LogP contribution in [0, 0.1) is 6.92 Å². The standard InChI is InChI=1S/C28H27Br2N3O3/c1-17-6-8-18(9-7-17)16-36-25-22(30)12-19(13-24(25)35-5)15-31-33-26(34)21-14-20(29)10-11-23(21)32-27(33)28(2,3)4/h6-15H,16H2,1-5H3. The summed E-state index contributed by atoms with van der Waals surface area (Å²) < 4.78 is 14.6. The van der Waals surface area contributed by atoms with Crippen LogP contribution in [0.2, 0.25) is 0 Å². The van der Waals surface area contributed by atoms with E-state index in [2.05, 4.69) is 56.0 Å². The van der Waals surface area contributed by atoms with Crippen molar-refractivity contribution in [3.8, 4) is 11.5 Å². The summed E-state index contributed by atoms with van der Waals surface area (Å²) in [5.74, 6) is 1.73. The Hall–Kier alpha value is -2.97. The molecule has 0 amide bonds. The van der Waals surface area contributed by atoms with Crippen LogP contribution in [0.4, 0.5) is 0 Å². The largest absolute Gasteiger partial charge is 0.493 e. The zero-order valence-electron chi connectivity index (χ0n) is 20.8. The molecule has 0 aliphatic carbocycles. The SMILES string of the molecule is COc1cc(C=Nn2c(C(C)(C)C)nc3ccc(Br)cc3c2=O)cc(Br)c1OCc1ccc(C)cc1. The van der Waals surface area contributed by atoms with Crippen molar-refractivity contribution in [1.29, 1.82) is 0 Å². The van der Waals surface area contributed by atoms with Crippen molar-refractivity contribution in [3.05, 3.63) is 96.4 Å². The second-order valence-corrected chi connectivity index (χ2v) is 11.3. The van der Waals surface area contributed by atoms with E-state index in [1.54, 1.807) is 19.4 Å². The molecule has 0 unspecified atom stereocenters. The first-order chi connectivity index (χ1) is 17.1. The van der Waals surface area contributed by atoms with E-state index in [1.807, 2.05) is 57.2 Å². The van der Waals surface area contributed by atoms with Crippen molar-refractivity contribution in [1.82, 2.24) is 9.66 Å². The highest BCUT2D eigenvalue weighted by atomic mass is 79.9. The topological polar surface area (TPSA) is 65.7 Å². The van der Waals surface area contributed by atoms with Gasteiger partial charge in [-0.1, -0.05) is 66.5 Å². The fraction of sp³-hybridized carbons (Fsp3) is 0.250. The molecule has 4 aromatic rings. The molecule has 0 N–H and O–H groups in total. The molecule has 3 aromatic carbocycles. The van der Waals surface area contributed by atoms with E-state index in [-0.39, 0.29) is 5.56 Å². The van der Waals surface area contributed by atoms with Crippen LogP contribution in [0.25, 0.3) is 10.9 Å². The van der Waals surface area contributed by atoms with Crippen LogP contribution >= 0.6 is 31.9 Å². The third-order valence-electron chi connectivity index (χ3n) is 5.56. The maximum atomic E-state index is 13.4. The predicted molar refractivity (Wildman–Crippen MR) is 152 cm³/mol. The molecule has 0 bridgehead atoms. The number of hydrogen-bond acceptors (Lipinski definition) is 5. The maximum absolute atomic E-state index is 13.4. The molecular weight excluding hydrogens is 586 g/mol. The number of aryl methyl sites for hydroxylation is 1. The first-order valence-electron chi connectivity index (χ1n) is 11.4. The minimum Gasteiger partial charge on any atom is -0.493 e. The van der Waals surface area contributed by atoms with Gasteiger partial charge in [0.1, 0.15) is 12.4 Å². The molecule has 0 radical (unpaired) electrons. The summed E-state index contributed by atoms with van der Waals surface area (Å²) >= 11 is 7.04. The van der Waals surface area contributed by atoms with Crippen molar-refractivity contribution in [3.63, 3.8) is 0 Å². The van der Waals surface area contributed by atoms with E-state index in [0.717, 1.165) is 20.1 Å². The third kappa shape index (κ3) is 5.71. The number of rotatable bonds is 6. The first-order valence-corrected chi connectivity index (χ1v) is 13.0.